The van der Waals surface area contributed by atoms with Crippen molar-refractivity contribution >= 4 is 11.4 Å². The lowest BCUT2D eigenvalue weighted by Crippen LogP contribution is -2.54. The number of imidazole rings is 1. The smallest absolute Gasteiger partial charge is 0.380 e. The molecule has 5 nitrogen and oxygen atoms in total. The van der Waals surface area contributed by atoms with Gasteiger partial charge in [-0.1, -0.05) is 0 Å². The molecule has 3 heterocycles. The number of rotatable bonds is 1. The van der Waals surface area contributed by atoms with Crippen LogP contribution < -0.4 is 0 Å². The summed E-state index contributed by atoms with van der Waals surface area (Å²) in [5.41, 5.74) is -1.57. The average molecular weight is 313 g/mol. The second-order valence-corrected chi connectivity index (χ2v) is 5.46. The third kappa shape index (κ3) is 2.43. The normalized spacial score (nSPS) is 18.6. The number of aromatic nitrogens is 2. The molecular weight excluding hydrogens is 299 g/mol. The molecule has 0 atom stereocenters. The average Bonchev–Trinajstić information content (AvgIpc) is 2.93. The zero-order valence-corrected chi connectivity index (χ0v) is 11.5. The maximum Gasteiger partial charge on any atom is 0.417 e. The highest BCUT2D eigenvalue weighted by molar-refractivity contribution is 5.95. The molecule has 1 aliphatic heterocycles. The maximum absolute atomic E-state index is 12.8. The van der Waals surface area contributed by atoms with Gasteiger partial charge in [-0.15, -0.1) is 0 Å². The highest BCUT2D eigenvalue weighted by atomic mass is 19.4. The molecule has 8 heteroatoms. The van der Waals surface area contributed by atoms with Crippen LogP contribution in [0.1, 0.15) is 23.2 Å². The van der Waals surface area contributed by atoms with E-state index in [0.717, 1.165) is 5.52 Å². The number of hydrogen-bond donors (Lipinski definition) is 1. The van der Waals surface area contributed by atoms with Gasteiger partial charge >= 0.3 is 6.18 Å². The molecule has 0 aromatic carbocycles. The van der Waals surface area contributed by atoms with Crippen molar-refractivity contribution in [3.63, 3.8) is 0 Å². The number of piperidine rings is 1. The number of hydrogen-bond acceptors (Lipinski definition) is 3. The van der Waals surface area contributed by atoms with Crippen molar-refractivity contribution in [2.24, 2.45) is 0 Å². The third-order valence-electron chi connectivity index (χ3n) is 4.07. The van der Waals surface area contributed by atoms with Gasteiger partial charge in [0.25, 0.3) is 5.91 Å². The molecular formula is C14H14F3N3O2. The fourth-order valence-electron chi connectivity index (χ4n) is 2.60. The van der Waals surface area contributed by atoms with Crippen molar-refractivity contribution in [1.82, 2.24) is 14.3 Å². The van der Waals surface area contributed by atoms with Crippen LogP contribution in [-0.2, 0) is 0 Å². The molecule has 2 aromatic rings. The SMILES string of the molecule is O=C(c1ccn2cncc2c1)N1CCC(O)(C(F)(F)F)CC1. The van der Waals surface area contributed by atoms with E-state index < -0.39 is 24.6 Å². The van der Waals surface area contributed by atoms with Crippen molar-refractivity contribution in [3.05, 3.63) is 36.4 Å². The molecule has 1 fully saturated rings. The van der Waals surface area contributed by atoms with Gasteiger partial charge < -0.3 is 14.4 Å². The number of amides is 1. The Balaban J connectivity index is 1.74. The number of pyridine rings is 1. The summed E-state index contributed by atoms with van der Waals surface area (Å²) in [6.07, 6.45) is -0.818. The fraction of sp³-hybridized carbons (Fsp3) is 0.429. The monoisotopic (exact) mass is 313 g/mol. The number of nitrogens with zero attached hydrogens (tertiary/aromatic N) is 3. The van der Waals surface area contributed by atoms with Gasteiger partial charge in [-0.2, -0.15) is 13.2 Å². The van der Waals surface area contributed by atoms with E-state index in [0.29, 0.717) is 5.56 Å². The highest BCUT2D eigenvalue weighted by Crippen LogP contribution is 2.38. The zero-order valence-electron chi connectivity index (χ0n) is 11.5. The Morgan fingerprint density at radius 1 is 1.32 bits per heavy atom. The van der Waals surface area contributed by atoms with Crippen LogP contribution in [-0.4, -0.2) is 50.2 Å². The first-order valence-corrected chi connectivity index (χ1v) is 6.80. The van der Waals surface area contributed by atoms with Gasteiger partial charge in [0.05, 0.1) is 18.0 Å². The second kappa shape index (κ2) is 4.98. The number of aliphatic hydroxyl groups is 1. The van der Waals surface area contributed by atoms with Crippen LogP contribution in [0, 0.1) is 0 Å². The number of alkyl halides is 3. The number of carbonyl (C=O) groups excluding carboxylic acids is 1. The summed E-state index contributed by atoms with van der Waals surface area (Å²) in [5, 5.41) is 9.62. The van der Waals surface area contributed by atoms with Crippen LogP contribution in [0.2, 0.25) is 0 Å². The minimum absolute atomic E-state index is 0.126. The van der Waals surface area contributed by atoms with Gasteiger partial charge in [-0.25, -0.2) is 4.98 Å². The van der Waals surface area contributed by atoms with Crippen LogP contribution in [0.4, 0.5) is 13.2 Å². The van der Waals surface area contributed by atoms with E-state index in [1.165, 1.54) is 4.90 Å². The van der Waals surface area contributed by atoms with Gasteiger partial charge in [0.2, 0.25) is 0 Å². The Kier molecular flexibility index (Phi) is 3.36. The molecule has 22 heavy (non-hydrogen) atoms. The Hall–Kier alpha value is -2.09. The lowest BCUT2D eigenvalue weighted by atomic mass is 9.90. The minimum atomic E-state index is -4.67. The minimum Gasteiger partial charge on any atom is -0.380 e. The molecule has 1 aliphatic rings. The van der Waals surface area contributed by atoms with E-state index >= 15 is 0 Å². The van der Waals surface area contributed by atoms with Crippen LogP contribution in [0.15, 0.2) is 30.9 Å². The second-order valence-electron chi connectivity index (χ2n) is 5.46. The third-order valence-corrected chi connectivity index (χ3v) is 4.07. The molecule has 0 radical (unpaired) electrons. The molecule has 3 rings (SSSR count). The molecule has 2 aromatic heterocycles. The van der Waals surface area contributed by atoms with Crippen LogP contribution >= 0.6 is 0 Å². The van der Waals surface area contributed by atoms with Crippen LogP contribution in [0.3, 0.4) is 0 Å². The summed E-state index contributed by atoms with van der Waals surface area (Å²) < 4.78 is 40.0. The molecule has 0 unspecified atom stereocenters. The Bertz CT molecular complexity index is 703. The molecule has 0 aliphatic carbocycles. The predicted molar refractivity (Wildman–Crippen MR) is 71.3 cm³/mol. The van der Waals surface area contributed by atoms with Gasteiger partial charge in [-0.3, -0.25) is 4.79 Å². The van der Waals surface area contributed by atoms with Crippen molar-refractivity contribution in [3.8, 4) is 0 Å². The van der Waals surface area contributed by atoms with E-state index in [9.17, 15) is 23.1 Å². The van der Waals surface area contributed by atoms with E-state index in [2.05, 4.69) is 4.98 Å². The topological polar surface area (TPSA) is 57.8 Å². The first kappa shape index (κ1) is 14.8. The zero-order chi connectivity index (χ0) is 16.0. The Labute approximate surface area is 124 Å². The van der Waals surface area contributed by atoms with E-state index in [1.807, 2.05) is 0 Å². The van der Waals surface area contributed by atoms with Crippen molar-refractivity contribution in [1.29, 1.82) is 0 Å². The summed E-state index contributed by atoms with van der Waals surface area (Å²) in [6, 6.07) is 3.24. The summed E-state index contributed by atoms with van der Waals surface area (Å²) in [5.74, 6) is -0.340. The van der Waals surface area contributed by atoms with Crippen LogP contribution in [0.5, 0.6) is 0 Å². The molecule has 0 bridgehead atoms. The first-order chi connectivity index (χ1) is 10.3. The molecule has 0 spiro atoms. The molecule has 0 saturated carbocycles. The van der Waals surface area contributed by atoms with E-state index in [1.54, 1.807) is 35.3 Å². The van der Waals surface area contributed by atoms with E-state index in [4.69, 9.17) is 0 Å². The lowest BCUT2D eigenvalue weighted by molar-refractivity contribution is -0.271. The van der Waals surface area contributed by atoms with Crippen LogP contribution in [0.25, 0.3) is 5.52 Å². The van der Waals surface area contributed by atoms with Crippen molar-refractivity contribution in [2.75, 3.05) is 13.1 Å². The van der Waals surface area contributed by atoms with Gasteiger partial charge in [0.1, 0.15) is 0 Å². The predicted octanol–water partition coefficient (Wildman–Crippen LogP) is 1.86. The first-order valence-electron chi connectivity index (χ1n) is 6.80. The van der Waals surface area contributed by atoms with Gasteiger partial charge in [-0.05, 0) is 12.1 Å². The number of halogens is 3. The molecule has 1 N–H and O–H groups in total. The Morgan fingerprint density at radius 2 is 2.00 bits per heavy atom. The lowest BCUT2D eigenvalue weighted by Gasteiger charge is -2.39. The van der Waals surface area contributed by atoms with Gasteiger partial charge in [0.15, 0.2) is 5.60 Å². The summed E-state index contributed by atoms with van der Waals surface area (Å²) in [4.78, 5) is 17.6. The quantitative estimate of drug-likeness (QED) is 0.874. The standard InChI is InChI=1S/C14H14F3N3O2/c15-14(16,17)13(22)2-5-19(6-3-13)12(21)10-1-4-20-9-18-8-11(20)7-10/h1,4,7-9,22H,2-3,5-6H2. The number of fused-ring (bicyclic) bond motifs is 1. The highest BCUT2D eigenvalue weighted by Gasteiger charge is 2.54. The largest absolute Gasteiger partial charge is 0.417 e. The Morgan fingerprint density at radius 3 is 2.64 bits per heavy atom. The maximum atomic E-state index is 12.8. The molecule has 118 valence electrons. The van der Waals surface area contributed by atoms with Crippen molar-refractivity contribution in [2.45, 2.75) is 24.6 Å². The van der Waals surface area contributed by atoms with Gasteiger partial charge in [0, 0.05) is 37.7 Å². The van der Waals surface area contributed by atoms with E-state index in [-0.39, 0.29) is 19.0 Å². The summed E-state index contributed by atoms with van der Waals surface area (Å²) in [7, 11) is 0. The van der Waals surface area contributed by atoms with Crippen molar-refractivity contribution < 1.29 is 23.1 Å². The molecule has 1 amide bonds. The summed E-state index contributed by atoms with van der Waals surface area (Å²) >= 11 is 0. The molecule has 1 saturated heterocycles. The number of likely N-dealkylation sites (tertiary alicyclic amines) is 1. The fourth-order valence-corrected chi connectivity index (χ4v) is 2.60. The summed E-state index contributed by atoms with van der Waals surface area (Å²) in [6.45, 7) is -0.251. The number of carbonyl (C=O) groups is 1.